The lowest BCUT2D eigenvalue weighted by Gasteiger charge is -2.26. The van der Waals surface area contributed by atoms with Crippen LogP contribution < -0.4 is 5.32 Å². The third-order valence-electron chi connectivity index (χ3n) is 15.9. The number of H-pyrrole nitrogens is 2. The number of rotatable bonds is 8. The Kier molecular flexibility index (Phi) is 14.7. The van der Waals surface area contributed by atoms with Crippen molar-refractivity contribution in [3.05, 3.63) is 165 Å². The largest absolute Gasteiger partial charge is 0.354 e. The van der Waals surface area contributed by atoms with Gasteiger partial charge in [-0.1, -0.05) is 205 Å². The third-order valence-corrected chi connectivity index (χ3v) is 15.9. The van der Waals surface area contributed by atoms with Gasteiger partial charge in [0.15, 0.2) is 0 Å². The van der Waals surface area contributed by atoms with E-state index in [0.717, 1.165) is 102 Å². The van der Waals surface area contributed by atoms with E-state index in [0.29, 0.717) is 12.1 Å². The van der Waals surface area contributed by atoms with Gasteiger partial charge >= 0.3 is 0 Å². The van der Waals surface area contributed by atoms with E-state index in [2.05, 4.69) is 262 Å². The van der Waals surface area contributed by atoms with E-state index >= 15 is 0 Å². The molecule has 3 aromatic heterocycles. The molecule has 0 saturated heterocycles. The van der Waals surface area contributed by atoms with Crippen molar-refractivity contribution in [1.82, 2.24) is 25.3 Å². The van der Waals surface area contributed by atoms with Crippen LogP contribution in [0.15, 0.2) is 103 Å². The number of nitrogens with zero attached hydrogens (tertiary/aromatic N) is 2. The molecule has 7 aromatic rings. The average molecular weight is 1050 g/mol. The molecule has 6 nitrogen and oxygen atoms in total. The number of carbonyl (C=O) groups excluding carboxylic acids is 1. The summed E-state index contributed by atoms with van der Waals surface area (Å²) in [5.74, 6) is -0.0691. The maximum atomic E-state index is 13.4. The number of aromatic nitrogens is 4. The molecule has 9 rings (SSSR count). The predicted octanol–water partition coefficient (Wildman–Crippen LogP) is 19.6. The Bertz CT molecular complexity index is 3560. The number of unbranched alkanes of at least 4 members (excludes halogenated alkanes) is 1. The molecule has 0 radical (unpaired) electrons. The molecule has 0 fully saturated rings. The van der Waals surface area contributed by atoms with Gasteiger partial charge in [-0.25, -0.2) is 9.97 Å². The molecular weight excluding hydrogens is 963 g/mol. The second-order valence-electron chi connectivity index (χ2n) is 28.6. The Morgan fingerprint density at radius 1 is 0.380 bits per heavy atom. The van der Waals surface area contributed by atoms with Crippen molar-refractivity contribution in [2.75, 3.05) is 6.54 Å². The quantitative estimate of drug-likeness (QED) is 0.133. The normalized spacial score (nSPS) is 13.4. The standard InChI is InChI=1S/C73H87N5O/c1-20-21-34-74-67(79)45-24-22-44(23-25-45)63-55-26-28-57(75-55)64(46-35-49(68(2,3)4)41-50(36-46)69(5,6)7)59-30-32-61(77-59)66(48-39-53(72(14,15)16)43-54(40-48)73(17,18)19)62-33-31-60(78-62)65(58-29-27-56(63)76-58)47-37-51(70(8,9)10)42-52(38-47)71(11,12)13/h22-33,35-43,75,78H,20-21,34H2,1-19H3,(H,74,79). The topological polar surface area (TPSA) is 86.5 Å². The molecule has 1 amide bonds. The van der Waals surface area contributed by atoms with Crippen LogP contribution in [0.5, 0.6) is 0 Å². The molecule has 410 valence electrons. The van der Waals surface area contributed by atoms with Crippen molar-refractivity contribution in [1.29, 1.82) is 0 Å². The predicted molar refractivity (Wildman–Crippen MR) is 340 cm³/mol. The minimum absolute atomic E-state index is 0.0691. The molecule has 0 saturated carbocycles. The number of hydrogen-bond acceptors (Lipinski definition) is 3. The van der Waals surface area contributed by atoms with Crippen LogP contribution in [0.3, 0.4) is 0 Å². The molecule has 6 heteroatoms. The molecule has 8 bridgehead atoms. The first-order valence-electron chi connectivity index (χ1n) is 28.8. The van der Waals surface area contributed by atoms with Crippen LogP contribution in [0.25, 0.3) is 90.9 Å². The summed E-state index contributed by atoms with van der Waals surface area (Å²) in [7, 11) is 0. The van der Waals surface area contributed by atoms with E-state index in [4.69, 9.17) is 9.97 Å². The smallest absolute Gasteiger partial charge is 0.251 e. The zero-order valence-corrected chi connectivity index (χ0v) is 51.0. The Labute approximate surface area is 472 Å². The summed E-state index contributed by atoms with van der Waals surface area (Å²) in [5, 5.41) is 3.11. The van der Waals surface area contributed by atoms with Gasteiger partial charge in [-0.3, -0.25) is 4.79 Å². The van der Waals surface area contributed by atoms with Gasteiger partial charge in [0.2, 0.25) is 0 Å². The van der Waals surface area contributed by atoms with Crippen LogP contribution in [0.4, 0.5) is 0 Å². The number of aromatic amines is 2. The first kappa shape index (κ1) is 56.7. The zero-order valence-electron chi connectivity index (χ0n) is 51.0. The van der Waals surface area contributed by atoms with Crippen LogP contribution in [-0.2, 0) is 32.5 Å². The van der Waals surface area contributed by atoms with Crippen molar-refractivity contribution in [3.8, 4) is 44.5 Å². The molecule has 0 aliphatic carbocycles. The summed E-state index contributed by atoms with van der Waals surface area (Å²) in [6, 6.07) is 38.4. The molecule has 0 spiro atoms. The minimum Gasteiger partial charge on any atom is -0.354 e. The Morgan fingerprint density at radius 3 is 0.899 bits per heavy atom. The highest BCUT2D eigenvalue weighted by atomic mass is 16.1. The van der Waals surface area contributed by atoms with E-state index in [9.17, 15) is 4.79 Å². The van der Waals surface area contributed by atoms with Gasteiger partial charge in [-0.05, 0) is 155 Å². The van der Waals surface area contributed by atoms with Crippen LogP contribution in [0, 0.1) is 0 Å². The lowest BCUT2D eigenvalue weighted by Crippen LogP contribution is -2.24. The lowest BCUT2D eigenvalue weighted by molar-refractivity contribution is 0.0953. The molecular formula is C73H87N5O. The van der Waals surface area contributed by atoms with Crippen LogP contribution in [0.2, 0.25) is 0 Å². The third kappa shape index (κ3) is 12.0. The highest BCUT2D eigenvalue weighted by Crippen LogP contribution is 2.44. The molecule has 3 N–H and O–H groups in total. The van der Waals surface area contributed by atoms with E-state index in [-0.39, 0.29) is 38.4 Å². The lowest BCUT2D eigenvalue weighted by atomic mass is 9.78. The van der Waals surface area contributed by atoms with E-state index in [1.54, 1.807) is 0 Å². The van der Waals surface area contributed by atoms with Gasteiger partial charge in [0.1, 0.15) is 0 Å². The summed E-state index contributed by atoms with van der Waals surface area (Å²) >= 11 is 0. The molecule has 79 heavy (non-hydrogen) atoms. The summed E-state index contributed by atoms with van der Waals surface area (Å²) < 4.78 is 0. The molecule has 2 aliphatic rings. The fourth-order valence-electron chi connectivity index (χ4n) is 10.6. The van der Waals surface area contributed by atoms with Crippen molar-refractivity contribution >= 4 is 52.3 Å². The maximum Gasteiger partial charge on any atom is 0.251 e. The first-order chi connectivity index (χ1) is 36.8. The average Bonchev–Trinajstić information content (AvgIpc) is 4.31. The summed E-state index contributed by atoms with van der Waals surface area (Å²) in [4.78, 5) is 33.0. The number of hydrogen-bond donors (Lipinski definition) is 3. The van der Waals surface area contributed by atoms with Crippen LogP contribution in [-0.4, -0.2) is 32.4 Å². The van der Waals surface area contributed by atoms with Gasteiger partial charge in [0.25, 0.3) is 5.91 Å². The number of amides is 1. The van der Waals surface area contributed by atoms with Crippen molar-refractivity contribution in [2.45, 2.75) is 177 Å². The van der Waals surface area contributed by atoms with E-state index in [1.165, 1.54) is 33.4 Å². The minimum atomic E-state index is -0.116. The number of nitrogens with one attached hydrogen (secondary N) is 3. The van der Waals surface area contributed by atoms with E-state index < -0.39 is 0 Å². The van der Waals surface area contributed by atoms with Crippen LogP contribution >= 0.6 is 0 Å². The number of fused-ring (bicyclic) bond motifs is 8. The van der Waals surface area contributed by atoms with Crippen LogP contribution in [0.1, 0.15) is 211 Å². The maximum absolute atomic E-state index is 13.4. The SMILES string of the molecule is CCCCNC(=O)c1ccc(-c2c3nc(c(-c4cc(C(C)(C)C)cc(C(C)(C)C)c4)c4ccc([nH]4)c(-c4cc(C(C)(C)C)cc(C(C)(C)C)c4)c4nc(c(-c5cc(C(C)(C)C)cc(C(C)(C)C)c5)c5ccc2[nH]5)C=C4)C=C3)cc1. The monoisotopic (exact) mass is 1050 g/mol. The Morgan fingerprint density at radius 2 is 0.646 bits per heavy atom. The van der Waals surface area contributed by atoms with Crippen molar-refractivity contribution < 1.29 is 4.79 Å². The second kappa shape index (κ2) is 20.6. The van der Waals surface area contributed by atoms with Crippen molar-refractivity contribution in [3.63, 3.8) is 0 Å². The Balaban J connectivity index is 1.49. The molecule has 4 aromatic carbocycles. The fraction of sp³-hybridized carbons (Fsp3) is 0.384. The van der Waals surface area contributed by atoms with Gasteiger partial charge < -0.3 is 15.3 Å². The first-order valence-corrected chi connectivity index (χ1v) is 28.8. The molecule has 0 atom stereocenters. The second-order valence-corrected chi connectivity index (χ2v) is 28.6. The van der Waals surface area contributed by atoms with Gasteiger partial charge in [0, 0.05) is 56.4 Å². The van der Waals surface area contributed by atoms with Gasteiger partial charge in [0.05, 0.1) is 22.8 Å². The van der Waals surface area contributed by atoms with E-state index in [1.807, 2.05) is 12.1 Å². The van der Waals surface area contributed by atoms with Crippen molar-refractivity contribution in [2.24, 2.45) is 0 Å². The summed E-state index contributed by atoms with van der Waals surface area (Å²) in [6.07, 6.45) is 10.7. The highest BCUT2D eigenvalue weighted by Gasteiger charge is 2.28. The number of carbonyl (C=O) groups is 1. The highest BCUT2D eigenvalue weighted by molar-refractivity contribution is 6.01. The van der Waals surface area contributed by atoms with Gasteiger partial charge in [-0.2, -0.15) is 0 Å². The summed E-state index contributed by atoms with van der Waals surface area (Å²) in [6.45, 7) is 44.2. The van der Waals surface area contributed by atoms with Gasteiger partial charge in [-0.15, -0.1) is 0 Å². The fourth-order valence-corrected chi connectivity index (χ4v) is 10.6. The Hall–Kier alpha value is -7.05. The molecule has 2 aliphatic heterocycles. The molecule has 0 unspecified atom stereocenters. The number of benzene rings is 4. The molecule has 5 heterocycles. The summed E-state index contributed by atoms with van der Waals surface area (Å²) in [5.41, 5.74) is 23.1. The zero-order chi connectivity index (χ0) is 57.4.